The van der Waals surface area contributed by atoms with E-state index in [1.54, 1.807) is 24.3 Å². The molecular formula is C16H18N2O3. The van der Waals surface area contributed by atoms with Crippen LogP contribution in [0.4, 0.5) is 0 Å². The maximum absolute atomic E-state index is 11.9. The highest BCUT2D eigenvalue weighted by molar-refractivity contribution is 5.94. The Kier molecular flexibility index (Phi) is 5.15. The highest BCUT2D eigenvalue weighted by Crippen LogP contribution is 2.04. The van der Waals surface area contributed by atoms with Crippen LogP contribution < -0.4 is 10.6 Å². The summed E-state index contributed by atoms with van der Waals surface area (Å²) in [6.45, 7) is 2.77. The van der Waals surface area contributed by atoms with Crippen LogP contribution in [-0.2, 0) is 6.42 Å². The maximum Gasteiger partial charge on any atom is 0.287 e. The molecule has 0 aliphatic rings. The summed E-state index contributed by atoms with van der Waals surface area (Å²) < 4.78 is 4.97. The minimum atomic E-state index is -0.290. The topological polar surface area (TPSA) is 71.3 Å². The summed E-state index contributed by atoms with van der Waals surface area (Å²) in [7, 11) is 0. The van der Waals surface area contributed by atoms with Gasteiger partial charge in [0.25, 0.3) is 11.8 Å². The summed E-state index contributed by atoms with van der Waals surface area (Å²) in [4.78, 5) is 23.4. The van der Waals surface area contributed by atoms with Crippen molar-refractivity contribution in [2.45, 2.75) is 13.3 Å². The third-order valence-electron chi connectivity index (χ3n) is 3.07. The Bertz CT molecular complexity index is 588. The van der Waals surface area contributed by atoms with Crippen LogP contribution in [0.5, 0.6) is 0 Å². The van der Waals surface area contributed by atoms with Gasteiger partial charge in [-0.1, -0.05) is 19.1 Å². The average molecular weight is 286 g/mol. The predicted molar refractivity (Wildman–Crippen MR) is 79.2 cm³/mol. The molecule has 5 nitrogen and oxygen atoms in total. The van der Waals surface area contributed by atoms with E-state index in [4.69, 9.17) is 4.42 Å². The molecule has 2 N–H and O–H groups in total. The SMILES string of the molecule is CCc1ccc(C(=O)NCCNC(=O)c2ccco2)cc1. The molecule has 0 radical (unpaired) electrons. The van der Waals surface area contributed by atoms with Crippen LogP contribution in [0, 0.1) is 0 Å². The van der Waals surface area contributed by atoms with Gasteiger partial charge in [-0.3, -0.25) is 9.59 Å². The molecule has 0 atom stereocenters. The van der Waals surface area contributed by atoms with Crippen molar-refractivity contribution in [3.63, 3.8) is 0 Å². The maximum atomic E-state index is 11.9. The summed E-state index contributed by atoms with van der Waals surface area (Å²) in [6.07, 6.45) is 2.39. The fraction of sp³-hybridized carbons (Fsp3) is 0.250. The van der Waals surface area contributed by atoms with E-state index < -0.39 is 0 Å². The molecule has 21 heavy (non-hydrogen) atoms. The van der Waals surface area contributed by atoms with Gasteiger partial charge in [0.1, 0.15) is 0 Å². The zero-order valence-corrected chi connectivity index (χ0v) is 11.9. The first kappa shape index (κ1) is 14.8. The molecule has 0 saturated heterocycles. The molecule has 0 aliphatic carbocycles. The van der Waals surface area contributed by atoms with E-state index in [-0.39, 0.29) is 17.6 Å². The van der Waals surface area contributed by atoms with Crippen molar-refractivity contribution >= 4 is 11.8 Å². The quantitative estimate of drug-likeness (QED) is 0.798. The fourth-order valence-electron chi connectivity index (χ4n) is 1.84. The van der Waals surface area contributed by atoms with Crippen molar-refractivity contribution in [2.75, 3.05) is 13.1 Å². The number of furan rings is 1. The van der Waals surface area contributed by atoms with Gasteiger partial charge in [0.05, 0.1) is 6.26 Å². The molecule has 0 saturated carbocycles. The molecule has 0 fully saturated rings. The van der Waals surface area contributed by atoms with Crippen LogP contribution in [-0.4, -0.2) is 24.9 Å². The zero-order valence-electron chi connectivity index (χ0n) is 11.9. The molecule has 0 spiro atoms. The van der Waals surface area contributed by atoms with Gasteiger partial charge >= 0.3 is 0 Å². The number of carbonyl (C=O) groups is 2. The highest BCUT2D eigenvalue weighted by atomic mass is 16.3. The third kappa shape index (κ3) is 4.21. The molecular weight excluding hydrogens is 268 g/mol. The Morgan fingerprint density at radius 2 is 1.67 bits per heavy atom. The first-order valence-electron chi connectivity index (χ1n) is 6.89. The summed E-state index contributed by atoms with van der Waals surface area (Å²) >= 11 is 0. The summed E-state index contributed by atoms with van der Waals surface area (Å²) in [5.41, 5.74) is 1.81. The molecule has 110 valence electrons. The summed E-state index contributed by atoms with van der Waals surface area (Å²) in [5.74, 6) is -0.178. The molecule has 5 heteroatoms. The average Bonchev–Trinajstić information content (AvgIpc) is 3.05. The monoisotopic (exact) mass is 286 g/mol. The van der Waals surface area contributed by atoms with Crippen LogP contribution >= 0.6 is 0 Å². The minimum Gasteiger partial charge on any atom is -0.459 e. The Hall–Kier alpha value is -2.56. The minimum absolute atomic E-state index is 0.148. The molecule has 2 rings (SSSR count). The number of amides is 2. The Labute approximate surface area is 123 Å². The van der Waals surface area contributed by atoms with E-state index in [9.17, 15) is 9.59 Å². The van der Waals surface area contributed by atoms with Gasteiger partial charge in [-0.2, -0.15) is 0 Å². The lowest BCUT2D eigenvalue weighted by Gasteiger charge is -2.06. The first-order valence-corrected chi connectivity index (χ1v) is 6.89. The molecule has 0 unspecified atom stereocenters. The number of aryl methyl sites for hydroxylation is 1. The van der Waals surface area contributed by atoms with E-state index in [1.807, 2.05) is 12.1 Å². The van der Waals surface area contributed by atoms with E-state index >= 15 is 0 Å². The van der Waals surface area contributed by atoms with Crippen LogP contribution in [0.2, 0.25) is 0 Å². The standard InChI is InChI=1S/C16H18N2O3/c1-2-12-5-7-13(8-6-12)15(19)17-9-10-18-16(20)14-4-3-11-21-14/h3-8,11H,2,9-10H2,1H3,(H,17,19)(H,18,20). The second kappa shape index (κ2) is 7.28. The largest absolute Gasteiger partial charge is 0.459 e. The summed E-state index contributed by atoms with van der Waals surface area (Å²) in [6, 6.07) is 10.7. The fourth-order valence-corrected chi connectivity index (χ4v) is 1.84. The Morgan fingerprint density at radius 3 is 2.24 bits per heavy atom. The van der Waals surface area contributed by atoms with Crippen LogP contribution in [0.25, 0.3) is 0 Å². The zero-order chi connectivity index (χ0) is 15.1. The van der Waals surface area contributed by atoms with Crippen molar-refractivity contribution < 1.29 is 14.0 Å². The van der Waals surface area contributed by atoms with Crippen molar-refractivity contribution in [3.05, 3.63) is 59.5 Å². The van der Waals surface area contributed by atoms with Gasteiger partial charge in [0.2, 0.25) is 0 Å². The molecule has 2 aromatic rings. The van der Waals surface area contributed by atoms with Gasteiger partial charge in [-0.25, -0.2) is 0 Å². The van der Waals surface area contributed by atoms with Gasteiger partial charge in [0, 0.05) is 18.7 Å². The number of carbonyl (C=O) groups excluding carboxylic acids is 2. The second-order valence-corrected chi connectivity index (χ2v) is 4.54. The van der Waals surface area contributed by atoms with Crippen molar-refractivity contribution in [3.8, 4) is 0 Å². The lowest BCUT2D eigenvalue weighted by molar-refractivity contribution is 0.0910. The van der Waals surface area contributed by atoms with Gasteiger partial charge < -0.3 is 15.1 Å². The summed E-state index contributed by atoms with van der Waals surface area (Å²) in [5, 5.41) is 5.42. The van der Waals surface area contributed by atoms with Crippen molar-refractivity contribution in [1.29, 1.82) is 0 Å². The third-order valence-corrected chi connectivity index (χ3v) is 3.07. The van der Waals surface area contributed by atoms with E-state index in [0.29, 0.717) is 18.7 Å². The lowest BCUT2D eigenvalue weighted by atomic mass is 10.1. The number of rotatable bonds is 6. The van der Waals surface area contributed by atoms with Gasteiger partial charge in [0.15, 0.2) is 5.76 Å². The normalized spacial score (nSPS) is 10.1. The Balaban J connectivity index is 1.72. The van der Waals surface area contributed by atoms with Crippen LogP contribution in [0.3, 0.4) is 0 Å². The molecule has 1 heterocycles. The van der Waals surface area contributed by atoms with Gasteiger partial charge in [-0.05, 0) is 36.2 Å². The molecule has 0 aliphatic heterocycles. The molecule has 1 aromatic heterocycles. The number of benzene rings is 1. The number of hydrogen-bond acceptors (Lipinski definition) is 3. The van der Waals surface area contributed by atoms with E-state index in [1.165, 1.54) is 11.8 Å². The Morgan fingerprint density at radius 1 is 1.00 bits per heavy atom. The van der Waals surface area contributed by atoms with E-state index in [2.05, 4.69) is 17.6 Å². The van der Waals surface area contributed by atoms with Crippen LogP contribution in [0.15, 0.2) is 47.1 Å². The highest BCUT2D eigenvalue weighted by Gasteiger charge is 2.08. The molecule has 0 bridgehead atoms. The second-order valence-electron chi connectivity index (χ2n) is 4.54. The number of nitrogens with one attached hydrogen (secondary N) is 2. The van der Waals surface area contributed by atoms with Gasteiger partial charge in [-0.15, -0.1) is 0 Å². The molecule has 1 aromatic carbocycles. The number of hydrogen-bond donors (Lipinski definition) is 2. The predicted octanol–water partition coefficient (Wildman–Crippen LogP) is 2.00. The van der Waals surface area contributed by atoms with E-state index in [0.717, 1.165) is 6.42 Å². The van der Waals surface area contributed by atoms with Crippen LogP contribution in [0.1, 0.15) is 33.4 Å². The van der Waals surface area contributed by atoms with Crippen molar-refractivity contribution in [2.24, 2.45) is 0 Å². The first-order chi connectivity index (χ1) is 10.2. The van der Waals surface area contributed by atoms with Crippen molar-refractivity contribution in [1.82, 2.24) is 10.6 Å². The lowest BCUT2D eigenvalue weighted by Crippen LogP contribution is -2.34. The molecule has 2 amide bonds. The smallest absolute Gasteiger partial charge is 0.287 e.